The van der Waals surface area contributed by atoms with Crippen LogP contribution in [0.2, 0.25) is 0 Å². The summed E-state index contributed by atoms with van der Waals surface area (Å²) < 4.78 is 30.1. The number of ether oxygens (including phenoxy) is 1. The number of nitrogens with zero attached hydrogens (tertiary/aromatic N) is 3. The fourth-order valence-electron chi connectivity index (χ4n) is 2.01. The van der Waals surface area contributed by atoms with E-state index in [0.717, 1.165) is 13.0 Å². The van der Waals surface area contributed by atoms with Gasteiger partial charge in [0.25, 0.3) is 0 Å². The lowest BCUT2D eigenvalue weighted by Gasteiger charge is -2.12. The van der Waals surface area contributed by atoms with Crippen molar-refractivity contribution in [2.24, 2.45) is 0 Å². The van der Waals surface area contributed by atoms with Crippen LogP contribution in [-0.4, -0.2) is 26.5 Å². The van der Waals surface area contributed by atoms with E-state index in [0.29, 0.717) is 17.8 Å². The van der Waals surface area contributed by atoms with Crippen molar-refractivity contribution in [1.82, 2.24) is 14.8 Å². The Hall–Kier alpha value is -2.02. The van der Waals surface area contributed by atoms with Crippen LogP contribution in [0.5, 0.6) is 5.75 Å². The maximum absolute atomic E-state index is 12.1. The van der Waals surface area contributed by atoms with Gasteiger partial charge in [-0.05, 0) is 24.1 Å². The molecule has 0 amide bonds. The molecule has 1 N–H and O–H groups in total. The van der Waals surface area contributed by atoms with Crippen molar-refractivity contribution in [2.75, 3.05) is 0 Å². The van der Waals surface area contributed by atoms with Crippen LogP contribution in [0, 0.1) is 0 Å². The summed E-state index contributed by atoms with van der Waals surface area (Å²) in [6.07, 6.45) is 1.92. The average molecular weight is 297 g/mol. The molecule has 2 rings (SSSR count). The van der Waals surface area contributed by atoms with Crippen molar-refractivity contribution < 1.29 is 18.6 Å². The largest absolute Gasteiger partial charge is 0.435 e. The zero-order chi connectivity index (χ0) is 15.2. The molecule has 1 unspecified atom stereocenters. The maximum Gasteiger partial charge on any atom is 0.387 e. The van der Waals surface area contributed by atoms with Gasteiger partial charge in [0.1, 0.15) is 17.9 Å². The number of aromatic nitrogens is 3. The highest BCUT2D eigenvalue weighted by Gasteiger charge is 2.13. The van der Waals surface area contributed by atoms with Crippen LogP contribution in [0.25, 0.3) is 0 Å². The Balaban J connectivity index is 2.02. The average Bonchev–Trinajstić information content (AvgIpc) is 2.86. The van der Waals surface area contributed by atoms with Gasteiger partial charge < -0.3 is 9.84 Å². The lowest BCUT2D eigenvalue weighted by Crippen LogP contribution is -2.10. The van der Waals surface area contributed by atoms with Crippen LogP contribution in [-0.2, 0) is 13.0 Å². The number of aliphatic hydroxyl groups is 1. The molecule has 0 bridgehead atoms. The van der Waals surface area contributed by atoms with Crippen molar-refractivity contribution in [3.8, 4) is 5.75 Å². The van der Waals surface area contributed by atoms with Gasteiger partial charge in [-0.25, -0.2) is 4.98 Å². The number of hydrogen-bond acceptors (Lipinski definition) is 4. The van der Waals surface area contributed by atoms with Gasteiger partial charge in [0.15, 0.2) is 0 Å². The predicted molar refractivity (Wildman–Crippen MR) is 72.1 cm³/mol. The quantitative estimate of drug-likeness (QED) is 0.853. The smallest absolute Gasteiger partial charge is 0.387 e. The molecular formula is C14H17F2N3O2. The number of aryl methyl sites for hydroxylation is 1. The highest BCUT2D eigenvalue weighted by molar-refractivity contribution is 5.28. The van der Waals surface area contributed by atoms with Crippen LogP contribution in [0.1, 0.15) is 30.8 Å². The number of halogens is 2. The van der Waals surface area contributed by atoms with Gasteiger partial charge in [-0.15, -0.1) is 0 Å². The Kier molecular flexibility index (Phi) is 5.21. The monoisotopic (exact) mass is 297 g/mol. The molecule has 5 nitrogen and oxygen atoms in total. The van der Waals surface area contributed by atoms with Gasteiger partial charge >= 0.3 is 6.61 Å². The van der Waals surface area contributed by atoms with Crippen LogP contribution >= 0.6 is 0 Å². The van der Waals surface area contributed by atoms with E-state index in [4.69, 9.17) is 0 Å². The zero-order valence-corrected chi connectivity index (χ0v) is 11.6. The number of hydrogen-bond donors (Lipinski definition) is 1. The van der Waals surface area contributed by atoms with E-state index in [1.165, 1.54) is 18.5 Å². The van der Waals surface area contributed by atoms with E-state index >= 15 is 0 Å². The van der Waals surface area contributed by atoms with E-state index in [-0.39, 0.29) is 5.75 Å². The third kappa shape index (κ3) is 4.22. The van der Waals surface area contributed by atoms with Crippen molar-refractivity contribution >= 4 is 0 Å². The summed E-state index contributed by atoms with van der Waals surface area (Å²) in [5, 5.41) is 14.3. The van der Waals surface area contributed by atoms with Crippen molar-refractivity contribution in [3.63, 3.8) is 0 Å². The molecule has 0 aliphatic rings. The van der Waals surface area contributed by atoms with Crippen LogP contribution in [0.4, 0.5) is 8.78 Å². The van der Waals surface area contributed by atoms with Crippen LogP contribution in [0.3, 0.4) is 0 Å². The molecule has 1 aromatic carbocycles. The summed E-state index contributed by atoms with van der Waals surface area (Å²) in [5.74, 6) is 0.757. The SMILES string of the molecule is CCCn1ncnc1CC(O)c1ccc(OC(F)F)cc1. The molecule has 1 atom stereocenters. The minimum Gasteiger partial charge on any atom is -0.435 e. The minimum atomic E-state index is -2.85. The Labute approximate surface area is 121 Å². The predicted octanol–water partition coefficient (Wildman–Crippen LogP) is 2.57. The molecule has 0 radical (unpaired) electrons. The fourth-order valence-corrected chi connectivity index (χ4v) is 2.01. The Bertz CT molecular complexity index is 558. The topological polar surface area (TPSA) is 60.2 Å². The summed E-state index contributed by atoms with van der Waals surface area (Å²) in [4.78, 5) is 4.13. The van der Waals surface area contributed by atoms with E-state index in [9.17, 15) is 13.9 Å². The molecule has 1 aromatic heterocycles. The first-order valence-corrected chi connectivity index (χ1v) is 6.69. The Morgan fingerprint density at radius 1 is 1.29 bits per heavy atom. The first kappa shape index (κ1) is 15.4. The minimum absolute atomic E-state index is 0.0649. The molecule has 0 spiro atoms. The van der Waals surface area contributed by atoms with Gasteiger partial charge in [0, 0.05) is 13.0 Å². The Morgan fingerprint density at radius 3 is 2.62 bits per heavy atom. The molecule has 21 heavy (non-hydrogen) atoms. The van der Waals surface area contributed by atoms with E-state index in [2.05, 4.69) is 14.8 Å². The fraction of sp³-hybridized carbons (Fsp3) is 0.429. The van der Waals surface area contributed by atoms with Crippen molar-refractivity contribution in [1.29, 1.82) is 0 Å². The third-order valence-electron chi connectivity index (χ3n) is 3.00. The molecule has 0 fully saturated rings. The first-order chi connectivity index (χ1) is 10.1. The number of aliphatic hydroxyl groups excluding tert-OH is 1. The second-order valence-corrected chi connectivity index (χ2v) is 4.57. The highest BCUT2D eigenvalue weighted by atomic mass is 19.3. The van der Waals surface area contributed by atoms with E-state index in [1.54, 1.807) is 16.8 Å². The van der Waals surface area contributed by atoms with Gasteiger partial charge in [-0.3, -0.25) is 4.68 Å². The third-order valence-corrected chi connectivity index (χ3v) is 3.00. The molecule has 1 heterocycles. The van der Waals surface area contributed by atoms with Gasteiger partial charge in [-0.1, -0.05) is 19.1 Å². The second kappa shape index (κ2) is 7.12. The number of benzene rings is 1. The highest BCUT2D eigenvalue weighted by Crippen LogP contribution is 2.21. The molecule has 0 aliphatic carbocycles. The summed E-state index contributed by atoms with van der Waals surface area (Å²) in [5.41, 5.74) is 0.614. The summed E-state index contributed by atoms with van der Waals surface area (Å²) in [6.45, 7) is -0.0827. The molecule has 114 valence electrons. The zero-order valence-electron chi connectivity index (χ0n) is 11.6. The van der Waals surface area contributed by atoms with Gasteiger partial charge in [0.05, 0.1) is 6.10 Å². The van der Waals surface area contributed by atoms with Crippen LogP contribution in [0.15, 0.2) is 30.6 Å². The maximum atomic E-state index is 12.1. The number of alkyl halides is 2. The lowest BCUT2D eigenvalue weighted by atomic mass is 10.1. The summed E-state index contributed by atoms with van der Waals surface area (Å²) in [6, 6.07) is 5.93. The molecular weight excluding hydrogens is 280 g/mol. The van der Waals surface area contributed by atoms with Crippen molar-refractivity contribution in [3.05, 3.63) is 42.0 Å². The Morgan fingerprint density at radius 2 is 2.00 bits per heavy atom. The molecule has 2 aromatic rings. The number of rotatable bonds is 7. The van der Waals surface area contributed by atoms with E-state index < -0.39 is 12.7 Å². The van der Waals surface area contributed by atoms with Gasteiger partial charge in [0.2, 0.25) is 0 Å². The van der Waals surface area contributed by atoms with Gasteiger partial charge in [-0.2, -0.15) is 13.9 Å². The van der Waals surface area contributed by atoms with Crippen molar-refractivity contribution in [2.45, 2.75) is 39.0 Å². The summed E-state index contributed by atoms with van der Waals surface area (Å²) in [7, 11) is 0. The normalized spacial score (nSPS) is 12.6. The molecule has 0 saturated heterocycles. The lowest BCUT2D eigenvalue weighted by molar-refractivity contribution is -0.0498. The standard InChI is InChI=1S/C14H17F2N3O2/c1-2-7-19-13(17-9-18-19)8-12(20)10-3-5-11(6-4-10)21-14(15)16/h3-6,9,12,14,20H,2,7-8H2,1H3. The first-order valence-electron chi connectivity index (χ1n) is 6.69. The van der Waals surface area contributed by atoms with E-state index in [1.807, 2.05) is 6.92 Å². The molecule has 0 saturated carbocycles. The molecule has 0 aliphatic heterocycles. The molecule has 7 heteroatoms. The van der Waals surface area contributed by atoms with Crippen LogP contribution < -0.4 is 4.74 Å². The summed E-state index contributed by atoms with van der Waals surface area (Å²) >= 11 is 0. The second-order valence-electron chi connectivity index (χ2n) is 4.57.